The maximum atomic E-state index is 5.46. The molecule has 0 spiro atoms. The zero-order chi connectivity index (χ0) is 5.82. The van der Waals surface area contributed by atoms with Crippen LogP contribution in [0.3, 0.4) is 0 Å². The van der Waals surface area contributed by atoms with E-state index in [0.717, 1.165) is 0 Å². The number of rotatable bonds is 0. The predicted octanol–water partition coefficient (Wildman–Crippen LogP) is -0.0852. The second-order valence-electron chi connectivity index (χ2n) is 1.26. The SMILES string of the molecule is ClC1=NC=CC=CN1.[KH].[KH]. The summed E-state index contributed by atoms with van der Waals surface area (Å²) in [5.74, 6) is 0. The summed E-state index contributed by atoms with van der Waals surface area (Å²) < 4.78 is 0. The van der Waals surface area contributed by atoms with Crippen LogP contribution in [0.5, 0.6) is 0 Å². The number of nitrogens with zero attached hydrogens (tertiary/aromatic N) is 1. The number of hydrogen-bond acceptors (Lipinski definition) is 2. The summed E-state index contributed by atoms with van der Waals surface area (Å²) in [5.41, 5.74) is 0. The quantitative estimate of drug-likeness (QED) is 0.437. The van der Waals surface area contributed by atoms with E-state index in [2.05, 4.69) is 10.3 Å². The molecule has 1 aliphatic rings. The number of aliphatic imine (C=N–C) groups is 1. The molecule has 0 aromatic rings. The Morgan fingerprint density at radius 3 is 2.70 bits per heavy atom. The number of nitrogens with one attached hydrogen (secondary N) is 1. The molecule has 1 heterocycles. The van der Waals surface area contributed by atoms with Gasteiger partial charge in [0.2, 0.25) is 0 Å². The molecule has 5 heteroatoms. The Bertz CT molecular complexity index is 165. The van der Waals surface area contributed by atoms with Gasteiger partial charge < -0.3 is 5.32 Å². The van der Waals surface area contributed by atoms with Crippen LogP contribution < -0.4 is 5.32 Å². The summed E-state index contributed by atoms with van der Waals surface area (Å²) in [7, 11) is 0. The van der Waals surface area contributed by atoms with E-state index in [1.807, 2.05) is 6.08 Å². The van der Waals surface area contributed by atoms with Crippen LogP contribution in [-0.4, -0.2) is 108 Å². The van der Waals surface area contributed by atoms with E-state index in [4.69, 9.17) is 11.6 Å². The van der Waals surface area contributed by atoms with Gasteiger partial charge in [0.1, 0.15) is 0 Å². The van der Waals surface area contributed by atoms with Gasteiger partial charge in [0.15, 0.2) is 5.29 Å². The van der Waals surface area contributed by atoms with Gasteiger partial charge in [0.25, 0.3) is 0 Å². The molecule has 0 fully saturated rings. The third-order valence-electron chi connectivity index (χ3n) is 0.684. The average molecular weight is 209 g/mol. The fourth-order valence-corrected chi connectivity index (χ4v) is 0.487. The number of allylic oxidation sites excluding steroid dienone is 2. The average Bonchev–Trinajstić information content (AvgIpc) is 1.94. The van der Waals surface area contributed by atoms with Crippen LogP contribution in [0.2, 0.25) is 0 Å². The van der Waals surface area contributed by atoms with Gasteiger partial charge in [-0.3, -0.25) is 0 Å². The molecule has 0 amide bonds. The second kappa shape index (κ2) is 9.60. The van der Waals surface area contributed by atoms with Gasteiger partial charge in [-0.05, 0) is 23.8 Å². The minimum atomic E-state index is 0. The summed E-state index contributed by atoms with van der Waals surface area (Å²) in [6.45, 7) is 0. The van der Waals surface area contributed by atoms with Crippen molar-refractivity contribution in [1.82, 2.24) is 5.32 Å². The molecule has 0 unspecified atom stereocenters. The first-order chi connectivity index (χ1) is 3.89. The maximum absolute atomic E-state index is 5.46. The van der Waals surface area contributed by atoms with Gasteiger partial charge in [-0.25, -0.2) is 4.99 Å². The van der Waals surface area contributed by atoms with Gasteiger partial charge in [-0.2, -0.15) is 0 Å². The Balaban J connectivity index is 0. The predicted molar refractivity (Wildman–Crippen MR) is 49.0 cm³/mol. The molecular weight excluding hydrogens is 202 g/mol. The molecular formula is C5H7ClK2N2. The summed E-state index contributed by atoms with van der Waals surface area (Å²) in [6, 6.07) is 0. The van der Waals surface area contributed by atoms with Crippen molar-refractivity contribution < 1.29 is 0 Å². The molecule has 0 aromatic heterocycles. The van der Waals surface area contributed by atoms with Crippen LogP contribution in [0.25, 0.3) is 0 Å². The minimum absolute atomic E-state index is 0. The van der Waals surface area contributed by atoms with Crippen molar-refractivity contribution in [3.05, 3.63) is 24.6 Å². The van der Waals surface area contributed by atoms with Crippen molar-refractivity contribution in [2.24, 2.45) is 4.99 Å². The number of amidine groups is 1. The topological polar surface area (TPSA) is 24.4 Å². The van der Waals surface area contributed by atoms with E-state index in [1.165, 1.54) is 0 Å². The zero-order valence-corrected chi connectivity index (χ0v) is 4.89. The molecule has 1 rings (SSSR count). The van der Waals surface area contributed by atoms with Crippen molar-refractivity contribution in [2.75, 3.05) is 0 Å². The van der Waals surface area contributed by atoms with Crippen LogP contribution >= 0.6 is 11.6 Å². The van der Waals surface area contributed by atoms with Gasteiger partial charge in [0, 0.05) is 12.4 Å². The second-order valence-corrected chi connectivity index (χ2v) is 1.62. The van der Waals surface area contributed by atoms with Crippen LogP contribution in [-0.2, 0) is 0 Å². The fourth-order valence-electron chi connectivity index (χ4n) is 0.368. The van der Waals surface area contributed by atoms with Crippen molar-refractivity contribution in [2.45, 2.75) is 0 Å². The molecule has 1 N–H and O–H groups in total. The van der Waals surface area contributed by atoms with Crippen molar-refractivity contribution in [3.63, 3.8) is 0 Å². The summed E-state index contributed by atoms with van der Waals surface area (Å²) in [6.07, 6.45) is 6.95. The van der Waals surface area contributed by atoms with Crippen LogP contribution in [0, 0.1) is 0 Å². The van der Waals surface area contributed by atoms with E-state index in [-0.39, 0.29) is 103 Å². The van der Waals surface area contributed by atoms with E-state index in [1.54, 1.807) is 18.5 Å². The standard InChI is InChI=1S/C5H5ClN2.2K.2H/c6-5-7-3-1-2-4-8-5;;;;/h1-4H,(H,7,8);;;;. The number of halogens is 1. The Labute approximate surface area is 150 Å². The first-order valence-electron chi connectivity index (χ1n) is 2.21. The summed E-state index contributed by atoms with van der Waals surface area (Å²) in [5, 5.41) is 3.11. The van der Waals surface area contributed by atoms with Gasteiger partial charge in [0.05, 0.1) is 0 Å². The van der Waals surface area contributed by atoms with Crippen molar-refractivity contribution >= 4 is 120 Å². The number of hydrogen-bond donors (Lipinski definition) is 1. The fraction of sp³-hybridized carbons (Fsp3) is 0. The monoisotopic (exact) mass is 208 g/mol. The molecule has 0 aliphatic carbocycles. The molecule has 0 radical (unpaired) electrons. The third kappa shape index (κ3) is 7.18. The van der Waals surface area contributed by atoms with Crippen molar-refractivity contribution in [1.29, 1.82) is 0 Å². The molecule has 0 aromatic carbocycles. The Hall–Kier alpha value is 2.51. The van der Waals surface area contributed by atoms with Crippen LogP contribution in [0.1, 0.15) is 0 Å². The molecule has 0 bridgehead atoms. The van der Waals surface area contributed by atoms with Crippen LogP contribution in [0.15, 0.2) is 29.5 Å². The van der Waals surface area contributed by atoms with Gasteiger partial charge in [-0.1, -0.05) is 0 Å². The molecule has 0 atom stereocenters. The molecule has 0 saturated heterocycles. The third-order valence-corrected chi connectivity index (χ3v) is 0.890. The first kappa shape index (κ1) is 15.0. The summed E-state index contributed by atoms with van der Waals surface area (Å²) >= 11 is 5.46. The molecule has 1 aliphatic heterocycles. The Kier molecular flexibility index (Phi) is 14.4. The van der Waals surface area contributed by atoms with E-state index >= 15 is 0 Å². The van der Waals surface area contributed by atoms with E-state index < -0.39 is 0 Å². The molecule has 46 valence electrons. The Morgan fingerprint density at radius 1 is 1.30 bits per heavy atom. The van der Waals surface area contributed by atoms with E-state index in [9.17, 15) is 0 Å². The molecule has 10 heavy (non-hydrogen) atoms. The van der Waals surface area contributed by atoms with Gasteiger partial charge >= 0.3 is 103 Å². The first-order valence-corrected chi connectivity index (χ1v) is 2.59. The summed E-state index contributed by atoms with van der Waals surface area (Å²) in [4.78, 5) is 3.75. The normalized spacial score (nSPS) is 13.5. The van der Waals surface area contributed by atoms with Crippen molar-refractivity contribution in [3.8, 4) is 0 Å². The molecule has 2 nitrogen and oxygen atoms in total. The van der Waals surface area contributed by atoms with Gasteiger partial charge in [-0.15, -0.1) is 0 Å². The van der Waals surface area contributed by atoms with E-state index in [0.29, 0.717) is 5.29 Å². The Morgan fingerprint density at radius 2 is 2.00 bits per heavy atom. The van der Waals surface area contributed by atoms with Crippen LogP contribution in [0.4, 0.5) is 0 Å². The zero-order valence-electron chi connectivity index (χ0n) is 4.13. The molecule has 0 saturated carbocycles.